The Morgan fingerprint density at radius 3 is 2.82 bits per heavy atom. The fourth-order valence-corrected chi connectivity index (χ4v) is 3.06. The van der Waals surface area contributed by atoms with Crippen LogP contribution in [0.1, 0.15) is 30.9 Å². The molecule has 0 aliphatic rings. The van der Waals surface area contributed by atoms with Gasteiger partial charge in [0.1, 0.15) is 23.1 Å². The van der Waals surface area contributed by atoms with Crippen molar-refractivity contribution in [2.45, 2.75) is 26.7 Å². The molecule has 2 aromatic heterocycles. The van der Waals surface area contributed by atoms with Crippen LogP contribution in [0.25, 0.3) is 21.9 Å². The highest BCUT2D eigenvalue weighted by Gasteiger charge is 2.10. The Morgan fingerprint density at radius 2 is 2.04 bits per heavy atom. The predicted molar refractivity (Wildman–Crippen MR) is 112 cm³/mol. The minimum absolute atomic E-state index is 0.227. The van der Waals surface area contributed by atoms with Crippen molar-refractivity contribution in [3.63, 3.8) is 0 Å². The fourth-order valence-electron chi connectivity index (χ4n) is 3.06. The van der Waals surface area contributed by atoms with E-state index in [2.05, 4.69) is 22.0 Å². The lowest BCUT2D eigenvalue weighted by atomic mass is 10.2. The van der Waals surface area contributed by atoms with Crippen molar-refractivity contribution >= 4 is 28.2 Å². The van der Waals surface area contributed by atoms with Crippen LogP contribution >= 0.6 is 0 Å². The number of nitrogens with one attached hydrogen (secondary N) is 1. The van der Waals surface area contributed by atoms with E-state index in [4.69, 9.17) is 4.74 Å². The zero-order chi connectivity index (χ0) is 19.5. The summed E-state index contributed by atoms with van der Waals surface area (Å²) in [5.41, 5.74) is 3.80. The second-order valence-electron chi connectivity index (χ2n) is 6.81. The van der Waals surface area contributed by atoms with Gasteiger partial charge in [-0.25, -0.2) is 4.98 Å². The minimum atomic E-state index is -0.227. The number of hydrogen-bond donors (Lipinski definition) is 1. The van der Waals surface area contributed by atoms with E-state index in [1.165, 1.54) is 11.0 Å². The standard InChI is InChI=1S/C22H22N4O2/c1-3-4-11-28-17-8-6-16(7-9-17)13-24-26-14-23-20-18-12-15(2)5-10-19(18)25-21(20)22(26)27/h5-10,12-14,25H,3-4,11H2,1-2H3/b24-13-. The molecule has 0 radical (unpaired) electrons. The molecule has 142 valence electrons. The Hall–Kier alpha value is -3.41. The number of hydrogen-bond acceptors (Lipinski definition) is 4. The highest BCUT2D eigenvalue weighted by atomic mass is 16.5. The molecule has 6 nitrogen and oxygen atoms in total. The highest BCUT2D eigenvalue weighted by molar-refractivity contribution is 6.04. The summed E-state index contributed by atoms with van der Waals surface area (Å²) in [5, 5.41) is 5.22. The van der Waals surface area contributed by atoms with Crippen LogP contribution in [0.3, 0.4) is 0 Å². The average molecular weight is 374 g/mol. The molecule has 0 unspecified atom stereocenters. The maximum absolute atomic E-state index is 12.8. The van der Waals surface area contributed by atoms with E-state index in [0.717, 1.165) is 47.2 Å². The van der Waals surface area contributed by atoms with Gasteiger partial charge in [0.15, 0.2) is 0 Å². The van der Waals surface area contributed by atoms with Crippen molar-refractivity contribution in [3.05, 3.63) is 70.3 Å². The second-order valence-corrected chi connectivity index (χ2v) is 6.81. The molecule has 0 aliphatic heterocycles. The van der Waals surface area contributed by atoms with Gasteiger partial charge in [-0.3, -0.25) is 4.79 Å². The van der Waals surface area contributed by atoms with Crippen molar-refractivity contribution in [1.82, 2.24) is 14.6 Å². The number of aromatic amines is 1. The first-order valence-corrected chi connectivity index (χ1v) is 9.42. The molecule has 1 N–H and O–H groups in total. The molecule has 0 saturated heterocycles. The molecule has 0 fully saturated rings. The first-order chi connectivity index (χ1) is 13.7. The van der Waals surface area contributed by atoms with Crippen LogP contribution in [-0.2, 0) is 0 Å². The zero-order valence-electron chi connectivity index (χ0n) is 16.0. The van der Waals surface area contributed by atoms with Gasteiger partial charge >= 0.3 is 0 Å². The van der Waals surface area contributed by atoms with Gasteiger partial charge < -0.3 is 9.72 Å². The van der Waals surface area contributed by atoms with Gasteiger partial charge in [0.2, 0.25) is 0 Å². The molecule has 0 aliphatic carbocycles. The number of rotatable bonds is 6. The molecule has 0 bridgehead atoms. The van der Waals surface area contributed by atoms with Gasteiger partial charge in [-0.2, -0.15) is 9.78 Å². The van der Waals surface area contributed by atoms with Crippen molar-refractivity contribution in [1.29, 1.82) is 0 Å². The zero-order valence-corrected chi connectivity index (χ0v) is 16.0. The number of aryl methyl sites for hydroxylation is 1. The van der Waals surface area contributed by atoms with Gasteiger partial charge in [-0.1, -0.05) is 25.0 Å². The molecular formula is C22H22N4O2. The minimum Gasteiger partial charge on any atom is -0.494 e. The third kappa shape index (κ3) is 3.53. The predicted octanol–water partition coefficient (Wildman–Crippen LogP) is 4.25. The van der Waals surface area contributed by atoms with Crippen LogP contribution in [0.15, 0.2) is 58.7 Å². The Bertz CT molecular complexity index is 1200. The summed E-state index contributed by atoms with van der Waals surface area (Å²) >= 11 is 0. The first kappa shape index (κ1) is 18.0. The Labute approximate surface area is 162 Å². The van der Waals surface area contributed by atoms with Crippen LogP contribution in [-0.4, -0.2) is 27.5 Å². The number of unbranched alkanes of at least 4 members (excludes halogenated alkanes) is 1. The fraction of sp³-hybridized carbons (Fsp3) is 0.227. The van der Waals surface area contributed by atoms with Crippen LogP contribution in [0.2, 0.25) is 0 Å². The summed E-state index contributed by atoms with van der Waals surface area (Å²) in [7, 11) is 0. The maximum Gasteiger partial charge on any atom is 0.298 e. The number of aromatic nitrogens is 3. The highest BCUT2D eigenvalue weighted by Crippen LogP contribution is 2.22. The molecular weight excluding hydrogens is 352 g/mol. The largest absolute Gasteiger partial charge is 0.494 e. The Balaban J connectivity index is 1.60. The van der Waals surface area contributed by atoms with E-state index < -0.39 is 0 Å². The van der Waals surface area contributed by atoms with E-state index in [0.29, 0.717) is 11.0 Å². The summed E-state index contributed by atoms with van der Waals surface area (Å²) in [6.07, 6.45) is 5.24. The van der Waals surface area contributed by atoms with E-state index in [1.807, 2.05) is 49.4 Å². The number of ether oxygens (including phenoxy) is 1. The van der Waals surface area contributed by atoms with Gasteiger partial charge in [0.25, 0.3) is 5.56 Å². The summed E-state index contributed by atoms with van der Waals surface area (Å²) < 4.78 is 6.90. The van der Waals surface area contributed by atoms with Crippen LogP contribution < -0.4 is 10.3 Å². The molecule has 0 saturated carbocycles. The van der Waals surface area contributed by atoms with E-state index in [-0.39, 0.29) is 5.56 Å². The van der Waals surface area contributed by atoms with Gasteiger partial charge in [0.05, 0.1) is 12.8 Å². The lowest BCUT2D eigenvalue weighted by Gasteiger charge is -2.04. The molecule has 4 rings (SSSR count). The summed E-state index contributed by atoms with van der Waals surface area (Å²) in [6, 6.07) is 13.6. The first-order valence-electron chi connectivity index (χ1n) is 9.42. The summed E-state index contributed by atoms with van der Waals surface area (Å²) in [6.45, 7) is 4.87. The molecule has 2 aromatic carbocycles. The Morgan fingerprint density at radius 1 is 1.21 bits per heavy atom. The van der Waals surface area contributed by atoms with Crippen LogP contribution in [0.4, 0.5) is 0 Å². The third-order valence-corrected chi connectivity index (χ3v) is 4.62. The van der Waals surface area contributed by atoms with Gasteiger partial charge in [0, 0.05) is 10.9 Å². The smallest absolute Gasteiger partial charge is 0.298 e. The summed E-state index contributed by atoms with van der Waals surface area (Å²) in [5.74, 6) is 0.833. The SMILES string of the molecule is CCCCOc1ccc(/C=N\n2cnc3c([nH]c4ccc(C)cc43)c2=O)cc1. The molecule has 0 spiro atoms. The number of nitrogens with zero attached hydrogens (tertiary/aromatic N) is 3. The Kier molecular flexibility index (Phi) is 4.93. The van der Waals surface area contributed by atoms with Crippen molar-refractivity contribution in [2.24, 2.45) is 5.10 Å². The summed E-state index contributed by atoms with van der Waals surface area (Å²) in [4.78, 5) is 20.4. The molecule has 6 heteroatoms. The number of H-pyrrole nitrogens is 1. The lowest BCUT2D eigenvalue weighted by Crippen LogP contribution is -2.17. The van der Waals surface area contributed by atoms with Crippen molar-refractivity contribution in [2.75, 3.05) is 6.61 Å². The van der Waals surface area contributed by atoms with E-state index >= 15 is 0 Å². The monoisotopic (exact) mass is 374 g/mol. The molecule has 2 heterocycles. The molecule has 0 atom stereocenters. The van der Waals surface area contributed by atoms with E-state index in [9.17, 15) is 4.79 Å². The van der Waals surface area contributed by atoms with Gasteiger partial charge in [-0.05, 0) is 55.3 Å². The average Bonchev–Trinajstić information content (AvgIpc) is 3.07. The molecule has 0 amide bonds. The van der Waals surface area contributed by atoms with E-state index in [1.54, 1.807) is 6.21 Å². The van der Waals surface area contributed by atoms with Crippen molar-refractivity contribution in [3.8, 4) is 5.75 Å². The van der Waals surface area contributed by atoms with Crippen LogP contribution in [0.5, 0.6) is 5.75 Å². The second kappa shape index (κ2) is 7.68. The number of benzene rings is 2. The molecule has 28 heavy (non-hydrogen) atoms. The van der Waals surface area contributed by atoms with Crippen LogP contribution in [0, 0.1) is 6.92 Å². The normalized spacial score (nSPS) is 11.6. The molecule has 4 aromatic rings. The topological polar surface area (TPSA) is 72.3 Å². The van der Waals surface area contributed by atoms with Gasteiger partial charge in [-0.15, -0.1) is 0 Å². The van der Waals surface area contributed by atoms with Crippen molar-refractivity contribution < 1.29 is 4.74 Å². The quantitative estimate of drug-likeness (QED) is 0.405. The number of fused-ring (bicyclic) bond motifs is 3. The third-order valence-electron chi connectivity index (χ3n) is 4.62. The lowest BCUT2D eigenvalue weighted by molar-refractivity contribution is 0.309. The maximum atomic E-state index is 12.8.